The second-order valence-corrected chi connectivity index (χ2v) is 10.8. The zero-order valence-electron chi connectivity index (χ0n) is 23.2. The fraction of sp³-hybridized carbons (Fsp3) is 0.607. The number of aliphatic hydroxyl groups excluding tert-OH is 2. The van der Waals surface area contributed by atoms with Crippen molar-refractivity contribution in [1.29, 1.82) is 0 Å². The van der Waals surface area contributed by atoms with Gasteiger partial charge >= 0.3 is 5.97 Å². The summed E-state index contributed by atoms with van der Waals surface area (Å²) in [5.41, 5.74) is 2.40. The second kappa shape index (κ2) is 14.8. The van der Waals surface area contributed by atoms with E-state index in [0.717, 1.165) is 31.4 Å². The van der Waals surface area contributed by atoms with Gasteiger partial charge in [-0.15, -0.1) is 5.10 Å². The number of nitrogens with zero attached hydrogens (tertiary/aromatic N) is 3. The molecule has 1 aromatic carbocycles. The number of benzene rings is 1. The van der Waals surface area contributed by atoms with E-state index in [-0.39, 0.29) is 49.9 Å². The van der Waals surface area contributed by atoms with E-state index in [0.29, 0.717) is 29.0 Å². The topological polar surface area (TPSA) is 187 Å². The standard InChI is InChI=1S/C28H41N5O7/c1-17-12-20(13-18(2)26(17)37)27(38)29-14-22(34)10-8-21(9-11-24(35)28(39)40)30-25(36)16-33-15-23(31-32-33)19-6-4-3-5-7-19/h12-13,15,19,21-22,24,34-35,37H,3-11,14,16H2,1-2H3,(H,29,38)(H,30,36)(H,39,40). The quantitative estimate of drug-likeness (QED) is 0.201. The van der Waals surface area contributed by atoms with Gasteiger partial charge in [0.15, 0.2) is 6.10 Å². The molecular weight excluding hydrogens is 518 g/mol. The molecule has 1 saturated carbocycles. The molecular formula is C28H41N5O7. The van der Waals surface area contributed by atoms with Gasteiger partial charge in [0.2, 0.25) is 5.91 Å². The van der Waals surface area contributed by atoms with E-state index in [1.165, 1.54) is 11.1 Å². The minimum Gasteiger partial charge on any atom is -0.507 e. The summed E-state index contributed by atoms with van der Waals surface area (Å²) in [6.07, 6.45) is 5.64. The van der Waals surface area contributed by atoms with Gasteiger partial charge in [-0.1, -0.05) is 24.5 Å². The number of hydrogen-bond donors (Lipinski definition) is 6. The van der Waals surface area contributed by atoms with E-state index in [1.54, 1.807) is 32.2 Å². The molecule has 2 aromatic rings. The Morgan fingerprint density at radius 1 is 1.02 bits per heavy atom. The largest absolute Gasteiger partial charge is 0.507 e. The molecule has 0 saturated heterocycles. The number of aromatic nitrogens is 3. The van der Waals surface area contributed by atoms with Crippen LogP contribution in [0.5, 0.6) is 5.75 Å². The third-order valence-corrected chi connectivity index (χ3v) is 7.42. The minimum atomic E-state index is -1.56. The van der Waals surface area contributed by atoms with Crippen LogP contribution in [0.2, 0.25) is 0 Å². The number of nitrogens with one attached hydrogen (secondary N) is 2. The first kappa shape index (κ1) is 31.0. The molecule has 3 unspecified atom stereocenters. The van der Waals surface area contributed by atoms with Crippen molar-refractivity contribution in [1.82, 2.24) is 25.6 Å². The van der Waals surface area contributed by atoms with Crippen molar-refractivity contribution in [3.63, 3.8) is 0 Å². The Morgan fingerprint density at radius 2 is 1.68 bits per heavy atom. The maximum absolute atomic E-state index is 12.8. The Kier molecular flexibility index (Phi) is 11.4. The molecule has 12 nitrogen and oxygen atoms in total. The summed E-state index contributed by atoms with van der Waals surface area (Å²) in [7, 11) is 0. The number of hydrogen-bond acceptors (Lipinski definition) is 8. The Bertz CT molecular complexity index is 1140. The predicted octanol–water partition coefficient (Wildman–Crippen LogP) is 1.93. The Hall–Kier alpha value is -3.51. The first-order chi connectivity index (χ1) is 19.0. The summed E-state index contributed by atoms with van der Waals surface area (Å²) in [6, 6.07) is 2.63. The molecule has 3 rings (SSSR count). The molecule has 12 heteroatoms. The molecule has 0 aliphatic heterocycles. The molecule has 2 amide bonds. The smallest absolute Gasteiger partial charge is 0.332 e. The van der Waals surface area contributed by atoms with Gasteiger partial charge < -0.3 is 31.1 Å². The maximum Gasteiger partial charge on any atom is 0.332 e. The first-order valence-electron chi connectivity index (χ1n) is 13.9. The van der Waals surface area contributed by atoms with Crippen LogP contribution in [0.1, 0.15) is 90.9 Å². The lowest BCUT2D eigenvalue weighted by molar-refractivity contribution is -0.147. The van der Waals surface area contributed by atoms with Gasteiger partial charge in [-0.05, 0) is 75.6 Å². The number of aliphatic carboxylic acids is 1. The molecule has 40 heavy (non-hydrogen) atoms. The van der Waals surface area contributed by atoms with Crippen LogP contribution in [0.3, 0.4) is 0 Å². The van der Waals surface area contributed by atoms with E-state index >= 15 is 0 Å². The van der Waals surface area contributed by atoms with E-state index in [2.05, 4.69) is 20.9 Å². The molecule has 0 bridgehead atoms. The average Bonchev–Trinajstić information content (AvgIpc) is 3.39. The number of aryl methyl sites for hydroxylation is 2. The highest BCUT2D eigenvalue weighted by Gasteiger charge is 2.22. The summed E-state index contributed by atoms with van der Waals surface area (Å²) >= 11 is 0. The van der Waals surface area contributed by atoms with Crippen molar-refractivity contribution in [3.8, 4) is 5.75 Å². The lowest BCUT2D eigenvalue weighted by atomic mass is 9.87. The lowest BCUT2D eigenvalue weighted by Gasteiger charge is -2.21. The van der Waals surface area contributed by atoms with E-state index < -0.39 is 24.2 Å². The third-order valence-electron chi connectivity index (χ3n) is 7.42. The van der Waals surface area contributed by atoms with Gasteiger partial charge in [-0.25, -0.2) is 9.48 Å². The number of carboxylic acids is 1. The number of phenolic OH excluding ortho intramolecular Hbond substituents is 1. The number of carbonyl (C=O) groups excluding carboxylic acids is 2. The van der Waals surface area contributed by atoms with E-state index in [9.17, 15) is 29.7 Å². The molecule has 0 spiro atoms. The summed E-state index contributed by atoms with van der Waals surface area (Å²) in [5, 5.41) is 53.0. The summed E-state index contributed by atoms with van der Waals surface area (Å²) in [4.78, 5) is 36.3. The van der Waals surface area contributed by atoms with Crippen LogP contribution >= 0.6 is 0 Å². The monoisotopic (exact) mass is 559 g/mol. The van der Waals surface area contributed by atoms with Gasteiger partial charge in [0.25, 0.3) is 5.91 Å². The van der Waals surface area contributed by atoms with E-state index in [1.807, 2.05) is 0 Å². The molecule has 1 aromatic heterocycles. The highest BCUT2D eigenvalue weighted by Crippen LogP contribution is 2.31. The fourth-order valence-electron chi connectivity index (χ4n) is 5.06. The van der Waals surface area contributed by atoms with Gasteiger partial charge in [-0.2, -0.15) is 0 Å². The van der Waals surface area contributed by atoms with Gasteiger partial charge in [-0.3, -0.25) is 9.59 Å². The summed E-state index contributed by atoms with van der Waals surface area (Å²) in [6.45, 7) is 3.31. The van der Waals surface area contributed by atoms with Crippen LogP contribution in [-0.2, 0) is 16.1 Å². The van der Waals surface area contributed by atoms with Crippen LogP contribution < -0.4 is 10.6 Å². The maximum atomic E-state index is 12.8. The molecule has 220 valence electrons. The number of carbonyl (C=O) groups is 3. The van der Waals surface area contributed by atoms with Crippen molar-refractivity contribution in [3.05, 3.63) is 40.7 Å². The number of rotatable bonds is 14. The van der Waals surface area contributed by atoms with Crippen molar-refractivity contribution < 1.29 is 34.8 Å². The van der Waals surface area contributed by atoms with Crippen LogP contribution in [0.4, 0.5) is 0 Å². The first-order valence-corrected chi connectivity index (χ1v) is 13.9. The number of phenols is 1. The number of aliphatic hydroxyl groups is 2. The van der Waals surface area contributed by atoms with E-state index in [4.69, 9.17) is 5.11 Å². The van der Waals surface area contributed by atoms with Gasteiger partial charge in [0.1, 0.15) is 12.3 Å². The fourth-order valence-corrected chi connectivity index (χ4v) is 5.06. The van der Waals surface area contributed by atoms with Crippen LogP contribution in [0, 0.1) is 13.8 Å². The average molecular weight is 560 g/mol. The van der Waals surface area contributed by atoms with Crippen LogP contribution in [0.25, 0.3) is 0 Å². The molecule has 1 heterocycles. The zero-order chi connectivity index (χ0) is 29.2. The summed E-state index contributed by atoms with van der Waals surface area (Å²) < 4.78 is 1.49. The highest BCUT2D eigenvalue weighted by atomic mass is 16.4. The zero-order valence-corrected chi connectivity index (χ0v) is 23.2. The third kappa shape index (κ3) is 9.30. The Morgan fingerprint density at radius 3 is 2.33 bits per heavy atom. The number of aromatic hydroxyl groups is 1. The molecule has 1 fully saturated rings. The van der Waals surface area contributed by atoms with Crippen molar-refractivity contribution >= 4 is 17.8 Å². The number of amides is 2. The Balaban J connectivity index is 1.51. The normalized spacial score (nSPS) is 16.2. The second-order valence-electron chi connectivity index (χ2n) is 10.8. The highest BCUT2D eigenvalue weighted by molar-refractivity contribution is 5.94. The predicted molar refractivity (Wildman–Crippen MR) is 146 cm³/mol. The molecule has 3 atom stereocenters. The van der Waals surface area contributed by atoms with Crippen molar-refractivity contribution in [2.75, 3.05) is 6.54 Å². The molecule has 6 N–H and O–H groups in total. The minimum absolute atomic E-state index is 0.0286. The lowest BCUT2D eigenvalue weighted by Crippen LogP contribution is -2.39. The molecule has 0 radical (unpaired) electrons. The molecule has 1 aliphatic rings. The molecule has 1 aliphatic carbocycles. The SMILES string of the molecule is Cc1cc(C(=O)NCC(O)CCC(CCC(O)C(=O)O)NC(=O)Cn2cc(C3CCCCC3)nn2)cc(C)c1O. The van der Waals surface area contributed by atoms with Gasteiger partial charge in [0, 0.05) is 30.3 Å². The number of carboxylic acid groups (broad SMARTS) is 1. The van der Waals surface area contributed by atoms with Crippen LogP contribution in [-0.4, -0.2) is 78.0 Å². The van der Waals surface area contributed by atoms with Crippen LogP contribution in [0.15, 0.2) is 18.3 Å². The Labute approximate surface area is 233 Å². The van der Waals surface area contributed by atoms with Gasteiger partial charge in [0.05, 0.1) is 11.8 Å². The van der Waals surface area contributed by atoms with Crippen molar-refractivity contribution in [2.45, 2.75) is 102 Å². The van der Waals surface area contributed by atoms with Crippen molar-refractivity contribution in [2.24, 2.45) is 0 Å². The summed E-state index contributed by atoms with van der Waals surface area (Å²) in [5.74, 6) is -1.58.